The zero-order valence-electron chi connectivity index (χ0n) is 14.4. The van der Waals surface area contributed by atoms with Crippen molar-refractivity contribution in [2.24, 2.45) is 0 Å². The molecule has 2 aromatic rings. The molecule has 0 saturated heterocycles. The summed E-state index contributed by atoms with van der Waals surface area (Å²) in [5, 5.41) is 0. The number of rotatable bonds is 6. The van der Waals surface area contributed by atoms with E-state index in [2.05, 4.69) is 0 Å². The Balaban J connectivity index is 1.97. The summed E-state index contributed by atoms with van der Waals surface area (Å²) in [6.45, 7) is 0.337. The van der Waals surface area contributed by atoms with Gasteiger partial charge in [0.2, 0.25) is 0 Å². The smallest absolute Gasteiger partial charge is 0.163 e. The molecule has 0 radical (unpaired) electrons. The predicted octanol–water partition coefficient (Wildman–Crippen LogP) is 3.04. The van der Waals surface area contributed by atoms with Gasteiger partial charge >= 0.3 is 0 Å². The number of aldehydes is 1. The number of benzene rings is 2. The van der Waals surface area contributed by atoms with Crippen molar-refractivity contribution in [2.45, 2.75) is 12.2 Å². The second-order valence-corrected chi connectivity index (χ2v) is 5.59. The summed E-state index contributed by atoms with van der Waals surface area (Å²) in [4.78, 5) is 11.0. The van der Waals surface area contributed by atoms with Gasteiger partial charge in [0.15, 0.2) is 35.2 Å². The summed E-state index contributed by atoms with van der Waals surface area (Å²) >= 11 is 0. The Morgan fingerprint density at radius 3 is 2.44 bits per heavy atom. The average molecular weight is 344 g/mol. The van der Waals surface area contributed by atoms with Crippen LogP contribution >= 0.6 is 0 Å². The lowest BCUT2D eigenvalue weighted by Crippen LogP contribution is -2.36. The zero-order chi connectivity index (χ0) is 17.8. The van der Waals surface area contributed by atoms with Crippen LogP contribution < -0.4 is 18.9 Å². The van der Waals surface area contributed by atoms with Crippen molar-refractivity contribution in [2.75, 3.05) is 27.9 Å². The van der Waals surface area contributed by atoms with Crippen LogP contribution in [0.4, 0.5) is 0 Å². The molecule has 25 heavy (non-hydrogen) atoms. The molecule has 2 unspecified atom stereocenters. The maximum Gasteiger partial charge on any atom is 0.163 e. The Morgan fingerprint density at radius 2 is 1.76 bits per heavy atom. The molecule has 132 valence electrons. The van der Waals surface area contributed by atoms with Gasteiger partial charge in [-0.1, -0.05) is 6.07 Å². The fourth-order valence-electron chi connectivity index (χ4n) is 2.82. The monoisotopic (exact) mass is 344 g/mol. The Labute approximate surface area is 146 Å². The van der Waals surface area contributed by atoms with Crippen LogP contribution in [-0.2, 0) is 4.74 Å². The fourth-order valence-corrected chi connectivity index (χ4v) is 2.82. The minimum Gasteiger partial charge on any atom is -0.493 e. The maximum absolute atomic E-state index is 11.0. The van der Waals surface area contributed by atoms with Gasteiger partial charge in [0, 0.05) is 18.2 Å². The number of methoxy groups -OCH3 is 3. The van der Waals surface area contributed by atoms with Gasteiger partial charge in [0.05, 0.1) is 20.8 Å². The number of ether oxygens (including phenoxy) is 5. The highest BCUT2D eigenvalue weighted by Crippen LogP contribution is 2.41. The zero-order valence-corrected chi connectivity index (χ0v) is 14.4. The van der Waals surface area contributed by atoms with Crippen molar-refractivity contribution < 1.29 is 28.5 Å². The standard InChI is InChI=1S/C19H20O6/c1-21-11-18-19(13-5-7-14(22-2)16(9-13)23-3)25-15-6-4-12(10-20)8-17(15)24-18/h4-10,18-19H,11H2,1-3H3. The molecule has 6 nitrogen and oxygen atoms in total. The second-order valence-electron chi connectivity index (χ2n) is 5.59. The Bertz CT molecular complexity index is 758. The Morgan fingerprint density at radius 1 is 0.960 bits per heavy atom. The Kier molecular flexibility index (Phi) is 5.09. The lowest BCUT2D eigenvalue weighted by atomic mass is 10.0. The van der Waals surface area contributed by atoms with Crippen LogP contribution in [0.1, 0.15) is 22.0 Å². The van der Waals surface area contributed by atoms with Crippen LogP contribution in [0.3, 0.4) is 0 Å². The average Bonchev–Trinajstić information content (AvgIpc) is 2.66. The maximum atomic E-state index is 11.0. The number of carbonyl (C=O) groups excluding carboxylic acids is 1. The predicted molar refractivity (Wildman–Crippen MR) is 91.0 cm³/mol. The van der Waals surface area contributed by atoms with Gasteiger partial charge in [-0.25, -0.2) is 0 Å². The van der Waals surface area contributed by atoms with Crippen LogP contribution in [0.2, 0.25) is 0 Å². The van der Waals surface area contributed by atoms with Crippen molar-refractivity contribution in [3.8, 4) is 23.0 Å². The SMILES string of the molecule is COCC1Oc2cc(C=O)ccc2OC1c1ccc(OC)c(OC)c1. The first-order valence-corrected chi connectivity index (χ1v) is 7.83. The van der Waals surface area contributed by atoms with Gasteiger partial charge in [0.25, 0.3) is 0 Å². The molecule has 0 saturated carbocycles. The van der Waals surface area contributed by atoms with Crippen molar-refractivity contribution in [3.63, 3.8) is 0 Å². The van der Waals surface area contributed by atoms with E-state index in [0.717, 1.165) is 11.8 Å². The molecule has 2 atom stereocenters. The van der Waals surface area contributed by atoms with Crippen molar-refractivity contribution in [1.82, 2.24) is 0 Å². The number of hydrogen-bond acceptors (Lipinski definition) is 6. The molecular weight excluding hydrogens is 324 g/mol. The summed E-state index contributed by atoms with van der Waals surface area (Å²) in [6.07, 6.45) is 0.0295. The first kappa shape index (κ1) is 17.1. The molecule has 0 N–H and O–H groups in total. The van der Waals surface area contributed by atoms with E-state index in [4.69, 9.17) is 23.7 Å². The summed E-state index contributed by atoms with van der Waals surface area (Å²) in [5.41, 5.74) is 1.41. The summed E-state index contributed by atoms with van der Waals surface area (Å²) < 4.78 is 28.1. The van der Waals surface area contributed by atoms with Gasteiger partial charge < -0.3 is 23.7 Å². The summed E-state index contributed by atoms with van der Waals surface area (Å²) in [7, 11) is 4.78. The molecule has 0 fully saturated rings. The van der Waals surface area contributed by atoms with Gasteiger partial charge in [0.1, 0.15) is 6.29 Å². The van der Waals surface area contributed by atoms with Crippen LogP contribution in [0, 0.1) is 0 Å². The molecule has 0 bridgehead atoms. The third-order valence-electron chi connectivity index (χ3n) is 4.04. The van der Waals surface area contributed by atoms with E-state index < -0.39 is 0 Å². The molecule has 6 heteroatoms. The molecule has 1 aliphatic heterocycles. The van der Waals surface area contributed by atoms with E-state index in [1.165, 1.54) is 0 Å². The molecule has 1 aliphatic rings. The third-order valence-corrected chi connectivity index (χ3v) is 4.04. The van der Waals surface area contributed by atoms with Gasteiger partial charge in [-0.15, -0.1) is 0 Å². The van der Waals surface area contributed by atoms with Crippen molar-refractivity contribution in [3.05, 3.63) is 47.5 Å². The first-order valence-electron chi connectivity index (χ1n) is 7.83. The summed E-state index contributed by atoms with van der Waals surface area (Å²) in [6, 6.07) is 10.7. The van der Waals surface area contributed by atoms with Gasteiger partial charge in [-0.05, 0) is 30.3 Å². The molecule has 2 aromatic carbocycles. The first-order chi connectivity index (χ1) is 12.2. The normalized spacial score (nSPS) is 18.5. The van der Waals surface area contributed by atoms with E-state index in [-0.39, 0.29) is 12.2 Å². The second kappa shape index (κ2) is 7.44. The van der Waals surface area contributed by atoms with E-state index >= 15 is 0 Å². The van der Waals surface area contributed by atoms with Crippen LogP contribution in [0.25, 0.3) is 0 Å². The third kappa shape index (κ3) is 3.39. The van der Waals surface area contributed by atoms with Crippen molar-refractivity contribution in [1.29, 1.82) is 0 Å². The molecule has 3 rings (SSSR count). The molecular formula is C19H20O6. The summed E-state index contributed by atoms with van der Waals surface area (Å²) in [5.74, 6) is 2.37. The Hall–Kier alpha value is -2.73. The lowest BCUT2D eigenvalue weighted by Gasteiger charge is -2.34. The number of carbonyl (C=O) groups is 1. The highest BCUT2D eigenvalue weighted by atomic mass is 16.6. The molecule has 1 heterocycles. The molecule has 0 amide bonds. The molecule has 0 aliphatic carbocycles. The van der Waals surface area contributed by atoms with Crippen molar-refractivity contribution >= 4 is 6.29 Å². The van der Waals surface area contributed by atoms with E-state index in [0.29, 0.717) is 35.2 Å². The minimum absolute atomic E-state index is 0.337. The highest BCUT2D eigenvalue weighted by Gasteiger charge is 2.33. The van der Waals surface area contributed by atoms with Gasteiger partial charge in [-0.2, -0.15) is 0 Å². The molecule has 0 spiro atoms. The topological polar surface area (TPSA) is 63.2 Å². The highest BCUT2D eigenvalue weighted by molar-refractivity contribution is 5.76. The van der Waals surface area contributed by atoms with Gasteiger partial charge in [-0.3, -0.25) is 4.79 Å². The molecule has 0 aromatic heterocycles. The van der Waals surface area contributed by atoms with E-state index in [1.807, 2.05) is 18.2 Å². The minimum atomic E-state index is -0.380. The van der Waals surface area contributed by atoms with Crippen LogP contribution in [0.5, 0.6) is 23.0 Å². The number of fused-ring (bicyclic) bond motifs is 1. The number of hydrogen-bond donors (Lipinski definition) is 0. The van der Waals surface area contributed by atoms with E-state index in [9.17, 15) is 4.79 Å². The quantitative estimate of drug-likeness (QED) is 0.751. The largest absolute Gasteiger partial charge is 0.493 e. The van der Waals surface area contributed by atoms with Crippen LogP contribution in [0.15, 0.2) is 36.4 Å². The fraction of sp³-hybridized carbons (Fsp3) is 0.316. The van der Waals surface area contributed by atoms with Crippen LogP contribution in [-0.4, -0.2) is 40.3 Å². The van der Waals surface area contributed by atoms with E-state index in [1.54, 1.807) is 39.5 Å². The lowest BCUT2D eigenvalue weighted by molar-refractivity contribution is -0.0240.